The van der Waals surface area contributed by atoms with Crippen LogP contribution in [0.25, 0.3) is 0 Å². The molecular formula is C14H19ClN2O2. The van der Waals surface area contributed by atoms with Gasteiger partial charge in [0.25, 0.3) is 0 Å². The maximum atomic E-state index is 11.9. The molecule has 2 heterocycles. The summed E-state index contributed by atoms with van der Waals surface area (Å²) in [5.41, 5.74) is 2.07. The van der Waals surface area contributed by atoms with Gasteiger partial charge in [0.15, 0.2) is 0 Å². The number of halogens is 1. The van der Waals surface area contributed by atoms with Crippen molar-refractivity contribution < 1.29 is 9.53 Å². The molecule has 2 N–H and O–H groups in total. The summed E-state index contributed by atoms with van der Waals surface area (Å²) in [5.74, 6) is 1.55. The number of ether oxygens (including phenoxy) is 1. The van der Waals surface area contributed by atoms with Crippen LogP contribution < -0.4 is 15.4 Å². The lowest BCUT2D eigenvalue weighted by molar-refractivity contribution is -0.116. The van der Waals surface area contributed by atoms with E-state index in [-0.39, 0.29) is 18.3 Å². The van der Waals surface area contributed by atoms with Gasteiger partial charge in [-0.25, -0.2) is 0 Å². The Morgan fingerprint density at radius 2 is 2.37 bits per heavy atom. The largest absolute Gasteiger partial charge is 0.493 e. The summed E-state index contributed by atoms with van der Waals surface area (Å²) < 4.78 is 5.45. The van der Waals surface area contributed by atoms with E-state index in [9.17, 15) is 4.79 Å². The molecule has 1 aromatic rings. The molecule has 1 saturated heterocycles. The van der Waals surface area contributed by atoms with Crippen molar-refractivity contribution in [3.63, 3.8) is 0 Å². The summed E-state index contributed by atoms with van der Waals surface area (Å²) in [6.07, 6.45) is 2.65. The highest BCUT2D eigenvalue weighted by molar-refractivity contribution is 5.91. The first-order valence-corrected chi connectivity index (χ1v) is 6.57. The first-order chi connectivity index (χ1) is 8.81. The fraction of sp³-hybridized carbons (Fsp3) is 0.500. The quantitative estimate of drug-likeness (QED) is 0.891. The van der Waals surface area contributed by atoms with Gasteiger partial charge in [-0.05, 0) is 49.2 Å². The van der Waals surface area contributed by atoms with Crippen LogP contribution >= 0.6 is 12.4 Å². The van der Waals surface area contributed by atoms with Gasteiger partial charge in [0, 0.05) is 18.5 Å². The third kappa shape index (κ3) is 3.39. The summed E-state index contributed by atoms with van der Waals surface area (Å²) >= 11 is 0. The van der Waals surface area contributed by atoms with Crippen molar-refractivity contribution in [3.8, 4) is 5.75 Å². The molecule has 1 atom stereocenters. The molecule has 0 aromatic heterocycles. The van der Waals surface area contributed by atoms with E-state index in [1.165, 1.54) is 5.56 Å². The summed E-state index contributed by atoms with van der Waals surface area (Å²) in [4.78, 5) is 11.9. The average molecular weight is 283 g/mol. The van der Waals surface area contributed by atoms with E-state index in [1.807, 2.05) is 18.2 Å². The van der Waals surface area contributed by atoms with E-state index < -0.39 is 0 Å². The monoisotopic (exact) mass is 282 g/mol. The standard InChI is InChI=1S/C14H18N2O2.ClH/c17-14(7-10-3-5-15-9-10)16-12-1-2-13-11(8-12)4-6-18-13;/h1-2,8,10,15H,3-7,9H2,(H,16,17);1H. The number of hydrogen-bond acceptors (Lipinski definition) is 3. The first kappa shape index (κ1) is 14.2. The lowest BCUT2D eigenvalue weighted by Gasteiger charge is -2.10. The molecule has 19 heavy (non-hydrogen) atoms. The second-order valence-electron chi connectivity index (χ2n) is 5.03. The van der Waals surface area contributed by atoms with Crippen LogP contribution in [0.4, 0.5) is 5.69 Å². The molecule has 2 aliphatic rings. The van der Waals surface area contributed by atoms with Crippen LogP contribution in [0, 0.1) is 5.92 Å². The molecule has 0 aliphatic carbocycles. The minimum absolute atomic E-state index is 0. The van der Waals surface area contributed by atoms with Crippen LogP contribution in [0.2, 0.25) is 0 Å². The highest BCUT2D eigenvalue weighted by atomic mass is 35.5. The summed E-state index contributed by atoms with van der Waals surface area (Å²) in [6, 6.07) is 5.87. The van der Waals surface area contributed by atoms with Crippen molar-refractivity contribution >= 4 is 24.0 Å². The van der Waals surface area contributed by atoms with E-state index in [0.29, 0.717) is 12.3 Å². The molecule has 1 amide bonds. The van der Waals surface area contributed by atoms with Gasteiger partial charge in [-0.15, -0.1) is 12.4 Å². The number of anilines is 1. The maximum absolute atomic E-state index is 11.9. The van der Waals surface area contributed by atoms with Crippen LogP contribution in [0.1, 0.15) is 18.4 Å². The van der Waals surface area contributed by atoms with E-state index in [1.54, 1.807) is 0 Å². The van der Waals surface area contributed by atoms with Gasteiger partial charge in [-0.3, -0.25) is 4.79 Å². The Labute approximate surface area is 119 Å². The van der Waals surface area contributed by atoms with Gasteiger partial charge >= 0.3 is 0 Å². The van der Waals surface area contributed by atoms with E-state index in [2.05, 4.69) is 10.6 Å². The second-order valence-corrected chi connectivity index (χ2v) is 5.03. The minimum Gasteiger partial charge on any atom is -0.493 e. The van der Waals surface area contributed by atoms with Crippen LogP contribution in [-0.4, -0.2) is 25.6 Å². The Bertz CT molecular complexity index is 459. The smallest absolute Gasteiger partial charge is 0.224 e. The zero-order chi connectivity index (χ0) is 12.4. The molecule has 0 bridgehead atoms. The average Bonchev–Trinajstić information content (AvgIpc) is 2.98. The van der Waals surface area contributed by atoms with Gasteiger partial charge < -0.3 is 15.4 Å². The van der Waals surface area contributed by atoms with Crippen molar-refractivity contribution in [3.05, 3.63) is 23.8 Å². The number of rotatable bonds is 3. The zero-order valence-corrected chi connectivity index (χ0v) is 11.6. The summed E-state index contributed by atoms with van der Waals surface area (Å²) in [5, 5.41) is 6.26. The Balaban J connectivity index is 0.00000133. The normalized spacial score (nSPS) is 20.3. The SMILES string of the molecule is Cl.O=C(CC1CCNC1)Nc1ccc2c(c1)CCO2. The number of carbonyl (C=O) groups excluding carboxylic acids is 1. The predicted molar refractivity (Wildman–Crippen MR) is 77.1 cm³/mol. The molecular weight excluding hydrogens is 264 g/mol. The number of amides is 1. The Hall–Kier alpha value is -1.26. The third-order valence-corrected chi connectivity index (χ3v) is 3.61. The van der Waals surface area contributed by atoms with Crippen LogP contribution in [0.3, 0.4) is 0 Å². The van der Waals surface area contributed by atoms with E-state index in [0.717, 1.165) is 44.0 Å². The van der Waals surface area contributed by atoms with Gasteiger partial charge in [0.1, 0.15) is 5.75 Å². The Kier molecular flexibility index (Phi) is 4.66. The number of fused-ring (bicyclic) bond motifs is 1. The zero-order valence-electron chi connectivity index (χ0n) is 10.8. The van der Waals surface area contributed by atoms with Crippen LogP contribution in [-0.2, 0) is 11.2 Å². The van der Waals surface area contributed by atoms with Gasteiger partial charge in [-0.2, -0.15) is 0 Å². The van der Waals surface area contributed by atoms with Gasteiger partial charge in [0.05, 0.1) is 6.61 Å². The molecule has 1 fully saturated rings. The summed E-state index contributed by atoms with van der Waals surface area (Å²) in [6.45, 7) is 2.75. The van der Waals surface area contributed by atoms with Gasteiger partial charge in [0.2, 0.25) is 5.91 Å². The van der Waals surface area contributed by atoms with Crippen LogP contribution in [0.5, 0.6) is 5.75 Å². The number of carbonyl (C=O) groups is 1. The van der Waals surface area contributed by atoms with E-state index in [4.69, 9.17) is 4.74 Å². The second kappa shape index (κ2) is 6.26. The first-order valence-electron chi connectivity index (χ1n) is 6.57. The fourth-order valence-electron chi connectivity index (χ4n) is 2.63. The molecule has 3 rings (SSSR count). The minimum atomic E-state index is 0. The van der Waals surface area contributed by atoms with Crippen LogP contribution in [0.15, 0.2) is 18.2 Å². The molecule has 5 heteroatoms. The summed E-state index contributed by atoms with van der Waals surface area (Å²) in [7, 11) is 0. The Morgan fingerprint density at radius 3 is 3.16 bits per heavy atom. The highest BCUT2D eigenvalue weighted by Gasteiger charge is 2.18. The molecule has 0 saturated carbocycles. The van der Waals surface area contributed by atoms with Crippen molar-refractivity contribution in [1.29, 1.82) is 0 Å². The van der Waals surface area contributed by atoms with Crippen molar-refractivity contribution in [2.75, 3.05) is 25.0 Å². The topological polar surface area (TPSA) is 50.4 Å². The fourth-order valence-corrected chi connectivity index (χ4v) is 2.63. The van der Waals surface area contributed by atoms with Gasteiger partial charge in [-0.1, -0.05) is 0 Å². The number of nitrogens with one attached hydrogen (secondary N) is 2. The van der Waals surface area contributed by atoms with Crippen molar-refractivity contribution in [2.24, 2.45) is 5.92 Å². The molecule has 4 nitrogen and oxygen atoms in total. The molecule has 2 aliphatic heterocycles. The predicted octanol–water partition coefficient (Wildman–Crippen LogP) is 1.98. The lowest BCUT2D eigenvalue weighted by Crippen LogP contribution is -2.18. The lowest BCUT2D eigenvalue weighted by atomic mass is 10.0. The van der Waals surface area contributed by atoms with E-state index >= 15 is 0 Å². The maximum Gasteiger partial charge on any atom is 0.224 e. The third-order valence-electron chi connectivity index (χ3n) is 3.61. The Morgan fingerprint density at radius 1 is 1.47 bits per heavy atom. The molecule has 104 valence electrons. The molecule has 0 radical (unpaired) electrons. The number of benzene rings is 1. The van der Waals surface area contributed by atoms with Crippen molar-refractivity contribution in [1.82, 2.24) is 5.32 Å². The van der Waals surface area contributed by atoms with Crippen molar-refractivity contribution in [2.45, 2.75) is 19.3 Å². The molecule has 1 unspecified atom stereocenters. The number of hydrogen-bond donors (Lipinski definition) is 2. The molecule has 1 aromatic carbocycles. The highest BCUT2D eigenvalue weighted by Crippen LogP contribution is 2.28. The molecule has 0 spiro atoms.